The molecule has 0 radical (unpaired) electrons. The van der Waals surface area contributed by atoms with Crippen LogP contribution in [-0.4, -0.2) is 54.3 Å². The molecule has 0 spiro atoms. The predicted octanol–water partition coefficient (Wildman–Crippen LogP) is 5.55. The highest BCUT2D eigenvalue weighted by Gasteiger charge is 2.41. The normalized spacial score (nSPS) is 18.7. The fraction of sp³-hybridized carbons (Fsp3) is 0.308. The van der Waals surface area contributed by atoms with Crippen LogP contribution in [0.4, 0.5) is 27.9 Å². The number of fused-ring (bicyclic) bond motifs is 1. The van der Waals surface area contributed by atoms with Crippen molar-refractivity contribution in [3.63, 3.8) is 0 Å². The standard InChI is InChI=1S/C26H24F5N5OS/c1-4-38(3)19-13-36(18(19)10-14-8-6-5-7-9-14)25-32-12-16-22(34-35(2)24(16)33-25)15-11-17(26(29,30)31)21(28)23(37)20(15)27/h4-9,11-12,18-19,37H,10,13H2,1-3H3/t18-,19?,38?/m1/s1. The van der Waals surface area contributed by atoms with Crippen LogP contribution in [-0.2, 0) is 19.6 Å². The summed E-state index contributed by atoms with van der Waals surface area (Å²) < 4.78 is 70.1. The molecule has 1 fully saturated rings. The van der Waals surface area contributed by atoms with Gasteiger partial charge in [0.05, 0.1) is 10.9 Å². The molecule has 0 bridgehead atoms. The van der Waals surface area contributed by atoms with Gasteiger partial charge in [-0.05, 0) is 31.2 Å². The molecule has 4 aromatic rings. The number of aromatic nitrogens is 4. The van der Waals surface area contributed by atoms with E-state index in [9.17, 15) is 27.1 Å². The first kappa shape index (κ1) is 26.1. The van der Waals surface area contributed by atoms with Crippen LogP contribution in [0.15, 0.2) is 42.6 Å². The zero-order valence-corrected chi connectivity index (χ0v) is 21.5. The molecule has 1 aliphatic rings. The molecule has 0 saturated carbocycles. The first-order valence-electron chi connectivity index (χ1n) is 11.7. The largest absolute Gasteiger partial charge is 0.503 e. The van der Waals surface area contributed by atoms with Crippen LogP contribution >= 0.6 is 10.5 Å². The number of aryl methyl sites for hydroxylation is 1. The molecule has 1 saturated heterocycles. The van der Waals surface area contributed by atoms with Gasteiger partial charge in [0.15, 0.2) is 23.0 Å². The Balaban J connectivity index is 1.56. The van der Waals surface area contributed by atoms with Crippen LogP contribution < -0.4 is 4.90 Å². The highest BCUT2D eigenvalue weighted by Crippen LogP contribution is 2.42. The van der Waals surface area contributed by atoms with Crippen molar-refractivity contribution >= 4 is 32.8 Å². The number of rotatable bonds is 5. The quantitative estimate of drug-likeness (QED) is 0.261. The Kier molecular flexibility index (Phi) is 6.62. The Bertz CT molecular complexity index is 1550. The lowest BCUT2D eigenvalue weighted by Crippen LogP contribution is -2.61. The third-order valence-corrected chi connectivity index (χ3v) is 9.07. The molecule has 2 unspecified atom stereocenters. The minimum atomic E-state index is -5.15. The van der Waals surface area contributed by atoms with Gasteiger partial charge in [-0.25, -0.2) is 18.4 Å². The van der Waals surface area contributed by atoms with Gasteiger partial charge in [-0.15, -0.1) is 0 Å². The second-order valence-corrected chi connectivity index (χ2v) is 11.4. The number of halogens is 5. The maximum absolute atomic E-state index is 14.8. The van der Waals surface area contributed by atoms with Gasteiger partial charge in [-0.2, -0.15) is 33.7 Å². The average Bonchev–Trinajstić information content (AvgIpc) is 3.20. The molecular weight excluding hydrogens is 525 g/mol. The number of alkyl halides is 3. The zero-order valence-electron chi connectivity index (χ0n) is 20.7. The Morgan fingerprint density at radius 3 is 2.53 bits per heavy atom. The Morgan fingerprint density at radius 2 is 1.87 bits per heavy atom. The summed E-state index contributed by atoms with van der Waals surface area (Å²) in [6.07, 6.45) is -0.792. The number of anilines is 1. The van der Waals surface area contributed by atoms with E-state index in [1.165, 1.54) is 23.5 Å². The monoisotopic (exact) mass is 549 g/mol. The molecule has 6 nitrogen and oxygen atoms in total. The lowest BCUT2D eigenvalue weighted by Gasteiger charge is -2.49. The van der Waals surface area contributed by atoms with Crippen molar-refractivity contribution in [2.24, 2.45) is 7.05 Å². The molecule has 1 N–H and O–H groups in total. The van der Waals surface area contributed by atoms with Gasteiger partial charge in [0.1, 0.15) is 5.69 Å². The van der Waals surface area contributed by atoms with Gasteiger partial charge in [-0.3, -0.25) is 0 Å². The van der Waals surface area contributed by atoms with E-state index in [1.54, 1.807) is 0 Å². The van der Waals surface area contributed by atoms with E-state index >= 15 is 0 Å². The Hall–Kier alpha value is -3.54. The third-order valence-electron chi connectivity index (χ3n) is 6.91. The number of hydrogen-bond acceptors (Lipinski definition) is 5. The SMILES string of the molecule is C/C=S(\C)C1CN(c2ncc3c(-c4cc(C(F)(F)F)c(F)c(O)c4F)nn(C)c3n2)[C@@H]1Cc1ccccc1. The van der Waals surface area contributed by atoms with Crippen molar-refractivity contribution < 1.29 is 27.1 Å². The number of phenolic OH excluding ortho intramolecular Hbond substituents is 1. The van der Waals surface area contributed by atoms with Crippen LogP contribution in [0.2, 0.25) is 0 Å². The first-order valence-corrected chi connectivity index (χ1v) is 13.5. The van der Waals surface area contributed by atoms with E-state index < -0.39 is 34.7 Å². The zero-order chi connectivity index (χ0) is 27.4. The van der Waals surface area contributed by atoms with Crippen LogP contribution in [0.5, 0.6) is 5.75 Å². The highest BCUT2D eigenvalue weighted by molar-refractivity contribution is 8.15. The van der Waals surface area contributed by atoms with Crippen LogP contribution in [0, 0.1) is 11.6 Å². The molecule has 3 atom stereocenters. The van der Waals surface area contributed by atoms with Crippen LogP contribution in [0.1, 0.15) is 18.1 Å². The minimum absolute atomic E-state index is 0.0703. The van der Waals surface area contributed by atoms with Crippen molar-refractivity contribution in [1.29, 1.82) is 0 Å². The van der Waals surface area contributed by atoms with E-state index in [0.717, 1.165) is 13.0 Å². The third kappa shape index (κ3) is 4.40. The summed E-state index contributed by atoms with van der Waals surface area (Å²) in [6.45, 7) is 2.77. The van der Waals surface area contributed by atoms with Crippen molar-refractivity contribution in [1.82, 2.24) is 19.7 Å². The molecule has 2 aromatic carbocycles. The van der Waals surface area contributed by atoms with E-state index in [1.807, 2.05) is 25.1 Å². The van der Waals surface area contributed by atoms with Gasteiger partial charge < -0.3 is 10.0 Å². The molecule has 38 heavy (non-hydrogen) atoms. The van der Waals surface area contributed by atoms with Gasteiger partial charge in [0.2, 0.25) is 5.95 Å². The number of phenols is 1. The maximum atomic E-state index is 14.8. The minimum Gasteiger partial charge on any atom is -0.503 e. The lowest BCUT2D eigenvalue weighted by atomic mass is 9.95. The Labute approximate surface area is 217 Å². The van der Waals surface area contributed by atoms with Gasteiger partial charge in [0.25, 0.3) is 0 Å². The van der Waals surface area contributed by atoms with Crippen molar-refractivity contribution in [2.75, 3.05) is 17.7 Å². The van der Waals surface area contributed by atoms with E-state index in [2.05, 4.69) is 43.7 Å². The number of aromatic hydroxyl groups is 1. The molecule has 1 aliphatic heterocycles. The second-order valence-electron chi connectivity index (χ2n) is 9.12. The summed E-state index contributed by atoms with van der Waals surface area (Å²) in [6, 6.07) is 10.5. The van der Waals surface area contributed by atoms with Crippen LogP contribution in [0.25, 0.3) is 22.3 Å². The fourth-order valence-electron chi connectivity index (χ4n) is 4.75. The summed E-state index contributed by atoms with van der Waals surface area (Å²) in [5.74, 6) is -4.91. The van der Waals surface area contributed by atoms with Gasteiger partial charge >= 0.3 is 6.18 Å². The second kappa shape index (κ2) is 9.64. The van der Waals surface area contributed by atoms with Crippen molar-refractivity contribution in [3.8, 4) is 17.0 Å². The molecule has 12 heteroatoms. The molecule has 0 amide bonds. The summed E-state index contributed by atoms with van der Waals surface area (Å²) in [7, 11) is 1.59. The fourth-order valence-corrected chi connectivity index (χ4v) is 6.23. The van der Waals surface area contributed by atoms with Crippen LogP contribution in [0.3, 0.4) is 0 Å². The number of nitrogens with zero attached hydrogens (tertiary/aromatic N) is 5. The van der Waals surface area contributed by atoms with Gasteiger partial charge in [0, 0.05) is 36.6 Å². The first-order chi connectivity index (χ1) is 18.0. The smallest absolute Gasteiger partial charge is 0.419 e. The Morgan fingerprint density at radius 1 is 1.16 bits per heavy atom. The summed E-state index contributed by atoms with van der Waals surface area (Å²) >= 11 is 0. The number of benzene rings is 2. The van der Waals surface area contributed by atoms with Gasteiger partial charge in [-0.1, -0.05) is 35.7 Å². The molecule has 2 aromatic heterocycles. The summed E-state index contributed by atoms with van der Waals surface area (Å²) in [5.41, 5.74) is -1.28. The predicted molar refractivity (Wildman–Crippen MR) is 139 cm³/mol. The molecule has 0 aliphatic carbocycles. The van der Waals surface area contributed by atoms with Crippen molar-refractivity contribution in [3.05, 3.63) is 65.4 Å². The molecular formula is C26H24F5N5OS. The lowest BCUT2D eigenvalue weighted by molar-refractivity contribution is -0.140. The summed E-state index contributed by atoms with van der Waals surface area (Å²) in [4.78, 5) is 11.2. The molecule has 5 rings (SSSR count). The van der Waals surface area contributed by atoms with E-state index in [4.69, 9.17) is 0 Å². The van der Waals surface area contributed by atoms with E-state index in [0.29, 0.717) is 17.3 Å². The summed E-state index contributed by atoms with van der Waals surface area (Å²) in [5, 5.41) is 16.7. The maximum Gasteiger partial charge on any atom is 0.419 e. The molecule has 200 valence electrons. The molecule has 3 heterocycles. The van der Waals surface area contributed by atoms with E-state index in [-0.39, 0.29) is 33.3 Å². The van der Waals surface area contributed by atoms with Crippen molar-refractivity contribution in [2.45, 2.75) is 30.8 Å². The average molecular weight is 550 g/mol. The number of hydrogen-bond donors (Lipinski definition) is 1. The highest BCUT2D eigenvalue weighted by atomic mass is 32.2. The topological polar surface area (TPSA) is 67.1 Å².